The summed E-state index contributed by atoms with van der Waals surface area (Å²) in [6.45, 7) is 2.71. The highest BCUT2D eigenvalue weighted by Crippen LogP contribution is 2.28. The Kier molecular flexibility index (Phi) is 4.66. The maximum atomic E-state index is 5.88. The summed E-state index contributed by atoms with van der Waals surface area (Å²) in [6.07, 6.45) is 10.9. The Morgan fingerprint density at radius 2 is 2.25 bits per heavy atom. The molecular weight excluding hydrogens is 324 g/mol. The van der Waals surface area contributed by atoms with Crippen molar-refractivity contribution in [3.05, 3.63) is 46.4 Å². The van der Waals surface area contributed by atoms with E-state index in [9.17, 15) is 0 Å². The summed E-state index contributed by atoms with van der Waals surface area (Å²) < 4.78 is 7.63. The Balaban J connectivity index is 1.30. The molecular formula is C16H20N6OS. The highest BCUT2D eigenvalue weighted by Gasteiger charge is 2.18. The summed E-state index contributed by atoms with van der Waals surface area (Å²) in [5.41, 5.74) is 1.02. The molecule has 1 fully saturated rings. The molecule has 1 aliphatic heterocycles. The van der Waals surface area contributed by atoms with Gasteiger partial charge in [-0.05, 0) is 54.9 Å². The van der Waals surface area contributed by atoms with E-state index in [1.165, 1.54) is 17.8 Å². The summed E-state index contributed by atoms with van der Waals surface area (Å²) >= 11 is 1.76. The van der Waals surface area contributed by atoms with E-state index < -0.39 is 0 Å². The number of aromatic nitrogens is 5. The van der Waals surface area contributed by atoms with Crippen LogP contribution in [0.15, 0.2) is 35.7 Å². The van der Waals surface area contributed by atoms with Gasteiger partial charge in [-0.15, -0.1) is 16.4 Å². The van der Waals surface area contributed by atoms with Crippen LogP contribution >= 0.6 is 11.3 Å². The minimum atomic E-state index is 0.165. The molecule has 1 aliphatic carbocycles. The zero-order valence-corrected chi connectivity index (χ0v) is 14.2. The molecule has 0 saturated carbocycles. The quantitative estimate of drug-likeness (QED) is 0.896. The molecule has 1 unspecified atom stereocenters. The Bertz CT molecular complexity index is 717. The van der Waals surface area contributed by atoms with Crippen LogP contribution in [0.3, 0.4) is 0 Å². The Hall–Kier alpha value is -2.06. The largest absolute Gasteiger partial charge is 0.488 e. The number of ether oxygens (including phenoxy) is 1. The molecule has 2 aromatic rings. The molecule has 2 aliphatic rings. The van der Waals surface area contributed by atoms with Crippen LogP contribution in [0.4, 0.5) is 0 Å². The molecule has 4 rings (SSSR count). The third-order valence-electron chi connectivity index (χ3n) is 4.39. The van der Waals surface area contributed by atoms with Crippen molar-refractivity contribution >= 4 is 11.3 Å². The minimum Gasteiger partial charge on any atom is -0.488 e. The Morgan fingerprint density at radius 1 is 1.33 bits per heavy atom. The van der Waals surface area contributed by atoms with Crippen molar-refractivity contribution in [2.45, 2.75) is 37.8 Å². The minimum absolute atomic E-state index is 0.165. The first kappa shape index (κ1) is 15.5. The number of rotatable bonds is 5. The SMILES string of the molecule is C1=CC(n2cnnn2)CC=C1OCc1csc(C2CCNCC2)n1. The summed E-state index contributed by atoms with van der Waals surface area (Å²) in [5, 5.41) is 18.0. The zero-order valence-electron chi connectivity index (χ0n) is 13.3. The molecule has 0 aromatic carbocycles. The first-order chi connectivity index (χ1) is 11.9. The van der Waals surface area contributed by atoms with Crippen molar-refractivity contribution < 1.29 is 4.74 Å². The van der Waals surface area contributed by atoms with Gasteiger partial charge in [0.25, 0.3) is 0 Å². The van der Waals surface area contributed by atoms with Crippen molar-refractivity contribution in [3.8, 4) is 0 Å². The van der Waals surface area contributed by atoms with E-state index in [1.54, 1.807) is 22.3 Å². The van der Waals surface area contributed by atoms with Gasteiger partial charge in [-0.1, -0.05) is 6.08 Å². The fourth-order valence-corrected chi connectivity index (χ4v) is 3.99. The van der Waals surface area contributed by atoms with Crippen molar-refractivity contribution in [1.82, 2.24) is 30.5 Å². The summed E-state index contributed by atoms with van der Waals surface area (Å²) in [7, 11) is 0. The monoisotopic (exact) mass is 344 g/mol. The molecule has 8 heteroatoms. The third kappa shape index (κ3) is 3.54. The van der Waals surface area contributed by atoms with Crippen LogP contribution < -0.4 is 5.32 Å². The van der Waals surface area contributed by atoms with E-state index in [0.29, 0.717) is 12.5 Å². The fraction of sp³-hybridized carbons (Fsp3) is 0.500. The lowest BCUT2D eigenvalue weighted by molar-refractivity contribution is 0.204. The van der Waals surface area contributed by atoms with E-state index >= 15 is 0 Å². The van der Waals surface area contributed by atoms with E-state index in [-0.39, 0.29) is 6.04 Å². The number of piperidine rings is 1. The van der Waals surface area contributed by atoms with Crippen molar-refractivity contribution in [2.75, 3.05) is 13.1 Å². The van der Waals surface area contributed by atoms with Crippen molar-refractivity contribution in [2.24, 2.45) is 0 Å². The van der Waals surface area contributed by atoms with Crippen LogP contribution in [0, 0.1) is 0 Å². The highest BCUT2D eigenvalue weighted by molar-refractivity contribution is 7.09. The summed E-state index contributed by atoms with van der Waals surface area (Å²) in [5.74, 6) is 1.49. The second kappa shape index (κ2) is 7.23. The number of allylic oxidation sites excluding steroid dienone is 3. The van der Waals surface area contributed by atoms with Gasteiger partial charge in [0.15, 0.2) is 0 Å². The maximum Gasteiger partial charge on any atom is 0.138 e. The van der Waals surface area contributed by atoms with Gasteiger partial charge in [-0.2, -0.15) is 0 Å². The number of tetrazole rings is 1. The number of nitrogens with one attached hydrogen (secondary N) is 1. The molecule has 0 radical (unpaired) electrons. The van der Waals surface area contributed by atoms with Gasteiger partial charge >= 0.3 is 0 Å². The molecule has 1 atom stereocenters. The van der Waals surface area contributed by atoms with Crippen LogP contribution in [0.1, 0.15) is 41.9 Å². The molecule has 0 spiro atoms. The first-order valence-electron chi connectivity index (χ1n) is 8.27. The second-order valence-corrected chi connectivity index (χ2v) is 6.94. The van der Waals surface area contributed by atoms with Crippen LogP contribution in [0.25, 0.3) is 0 Å². The lowest BCUT2D eigenvalue weighted by Gasteiger charge is -2.20. The summed E-state index contributed by atoms with van der Waals surface area (Å²) in [4.78, 5) is 4.76. The predicted octanol–water partition coefficient (Wildman–Crippen LogP) is 2.20. The Morgan fingerprint density at radius 3 is 3.00 bits per heavy atom. The standard InChI is InChI=1S/C16H20N6OS/c1-3-15(4-2-14(1)22-11-18-20-21-22)23-9-13-10-24-16(19-13)12-5-7-17-8-6-12/h1,3-4,10-12,14,17H,2,5-9H2. The zero-order chi connectivity index (χ0) is 16.2. The lowest BCUT2D eigenvalue weighted by Crippen LogP contribution is -2.26. The predicted molar refractivity (Wildman–Crippen MR) is 90.4 cm³/mol. The molecule has 1 saturated heterocycles. The fourth-order valence-electron chi connectivity index (χ4n) is 3.02. The molecule has 126 valence electrons. The number of nitrogens with zero attached hydrogens (tertiary/aromatic N) is 5. The molecule has 0 amide bonds. The van der Waals surface area contributed by atoms with Gasteiger partial charge in [0.2, 0.25) is 0 Å². The van der Waals surface area contributed by atoms with Crippen LogP contribution in [-0.4, -0.2) is 38.3 Å². The van der Waals surface area contributed by atoms with Crippen LogP contribution in [-0.2, 0) is 11.3 Å². The lowest BCUT2D eigenvalue weighted by atomic mass is 9.99. The van der Waals surface area contributed by atoms with E-state index in [0.717, 1.165) is 31.0 Å². The highest BCUT2D eigenvalue weighted by atomic mass is 32.1. The van der Waals surface area contributed by atoms with E-state index in [4.69, 9.17) is 9.72 Å². The van der Waals surface area contributed by atoms with E-state index in [1.807, 2.05) is 6.08 Å². The second-order valence-electron chi connectivity index (χ2n) is 6.05. The normalized spacial score (nSPS) is 21.7. The number of hydrogen-bond donors (Lipinski definition) is 1. The number of hydrogen-bond acceptors (Lipinski definition) is 7. The van der Waals surface area contributed by atoms with E-state index in [2.05, 4.69) is 38.4 Å². The topological polar surface area (TPSA) is 77.8 Å². The molecule has 2 aromatic heterocycles. The van der Waals surface area contributed by atoms with Gasteiger partial charge in [-0.3, -0.25) is 0 Å². The van der Waals surface area contributed by atoms with Gasteiger partial charge in [-0.25, -0.2) is 9.67 Å². The molecule has 1 N–H and O–H groups in total. The van der Waals surface area contributed by atoms with Crippen LogP contribution in [0.5, 0.6) is 0 Å². The van der Waals surface area contributed by atoms with Gasteiger partial charge in [0.05, 0.1) is 16.7 Å². The maximum absolute atomic E-state index is 5.88. The Labute approximate surface area is 144 Å². The molecule has 0 bridgehead atoms. The van der Waals surface area contributed by atoms with Crippen molar-refractivity contribution in [1.29, 1.82) is 0 Å². The molecule has 7 nitrogen and oxygen atoms in total. The van der Waals surface area contributed by atoms with Gasteiger partial charge in [0, 0.05) is 11.3 Å². The average molecular weight is 344 g/mol. The number of thiazole rings is 1. The third-order valence-corrected chi connectivity index (χ3v) is 5.45. The smallest absolute Gasteiger partial charge is 0.138 e. The summed E-state index contributed by atoms with van der Waals surface area (Å²) in [6, 6.07) is 0.165. The van der Waals surface area contributed by atoms with Gasteiger partial charge < -0.3 is 10.1 Å². The molecule has 3 heterocycles. The first-order valence-corrected chi connectivity index (χ1v) is 9.15. The van der Waals surface area contributed by atoms with Crippen LogP contribution in [0.2, 0.25) is 0 Å². The molecule has 24 heavy (non-hydrogen) atoms. The van der Waals surface area contributed by atoms with Crippen molar-refractivity contribution in [3.63, 3.8) is 0 Å². The average Bonchev–Trinajstić information content (AvgIpc) is 3.33. The van der Waals surface area contributed by atoms with Gasteiger partial charge in [0.1, 0.15) is 18.7 Å².